The number of hydrogen-bond donors (Lipinski definition) is 3. The number of carbonyl (C=O) groups is 3. The van der Waals surface area contributed by atoms with Gasteiger partial charge < -0.3 is 15.7 Å². The van der Waals surface area contributed by atoms with Crippen LogP contribution in [0.15, 0.2) is 24.3 Å². The van der Waals surface area contributed by atoms with Crippen molar-refractivity contribution in [3.05, 3.63) is 29.8 Å². The van der Waals surface area contributed by atoms with Gasteiger partial charge in [-0.05, 0) is 18.6 Å². The lowest BCUT2D eigenvalue weighted by molar-refractivity contribution is -0.137. The van der Waals surface area contributed by atoms with Gasteiger partial charge in [0.15, 0.2) is 0 Å². The first-order chi connectivity index (χ1) is 9.43. The van der Waals surface area contributed by atoms with Crippen molar-refractivity contribution in [2.75, 3.05) is 5.32 Å². The van der Waals surface area contributed by atoms with E-state index < -0.39 is 17.9 Å². The van der Waals surface area contributed by atoms with Gasteiger partial charge in [0, 0.05) is 13.0 Å². The zero-order chi connectivity index (χ0) is 15.1. The molecule has 1 aromatic rings. The van der Waals surface area contributed by atoms with E-state index in [4.69, 9.17) is 5.11 Å². The average Bonchev–Trinajstić information content (AvgIpc) is 2.37. The van der Waals surface area contributed by atoms with E-state index in [0.717, 1.165) is 0 Å². The van der Waals surface area contributed by atoms with E-state index in [2.05, 4.69) is 10.6 Å². The molecule has 0 saturated heterocycles. The van der Waals surface area contributed by atoms with E-state index >= 15 is 0 Å². The highest BCUT2D eigenvalue weighted by Gasteiger charge is 2.17. The highest BCUT2D eigenvalue weighted by Crippen LogP contribution is 2.15. The fraction of sp³-hybridized carbons (Fsp3) is 0.357. The van der Waals surface area contributed by atoms with Crippen molar-refractivity contribution in [2.24, 2.45) is 0 Å². The Balaban J connectivity index is 2.86. The van der Waals surface area contributed by atoms with Crippen molar-refractivity contribution in [2.45, 2.75) is 32.7 Å². The minimum Gasteiger partial charge on any atom is -0.481 e. The lowest BCUT2D eigenvalue weighted by atomic mass is 10.1. The topological polar surface area (TPSA) is 95.5 Å². The maximum Gasteiger partial charge on any atom is 0.305 e. The lowest BCUT2D eigenvalue weighted by Gasteiger charge is -2.16. The Morgan fingerprint density at radius 2 is 1.90 bits per heavy atom. The van der Waals surface area contributed by atoms with Crippen molar-refractivity contribution in [3.63, 3.8) is 0 Å². The molecular formula is C14H18N2O4. The monoisotopic (exact) mass is 278 g/mol. The molecule has 1 aromatic carbocycles. The molecule has 6 nitrogen and oxygen atoms in total. The van der Waals surface area contributed by atoms with Gasteiger partial charge >= 0.3 is 5.97 Å². The summed E-state index contributed by atoms with van der Waals surface area (Å²) >= 11 is 0. The summed E-state index contributed by atoms with van der Waals surface area (Å²) in [6.45, 7) is 3.15. The van der Waals surface area contributed by atoms with Crippen LogP contribution in [0.2, 0.25) is 0 Å². The summed E-state index contributed by atoms with van der Waals surface area (Å²) in [4.78, 5) is 33.9. The predicted octanol–water partition coefficient (Wildman–Crippen LogP) is 1.63. The second kappa shape index (κ2) is 7.28. The fourth-order valence-corrected chi connectivity index (χ4v) is 1.75. The second-order valence-electron chi connectivity index (χ2n) is 4.40. The molecule has 3 N–H and O–H groups in total. The molecule has 0 saturated carbocycles. The summed E-state index contributed by atoms with van der Waals surface area (Å²) in [5, 5.41) is 14.0. The molecule has 0 aliphatic carbocycles. The number of para-hydroxylation sites is 1. The molecule has 108 valence electrons. The van der Waals surface area contributed by atoms with Gasteiger partial charge in [0.25, 0.3) is 5.91 Å². The van der Waals surface area contributed by atoms with Gasteiger partial charge in [0.05, 0.1) is 17.7 Å². The van der Waals surface area contributed by atoms with Crippen molar-refractivity contribution in [1.29, 1.82) is 0 Å². The van der Waals surface area contributed by atoms with Crippen LogP contribution in [0.4, 0.5) is 5.69 Å². The van der Waals surface area contributed by atoms with E-state index in [9.17, 15) is 14.4 Å². The Kier molecular flexibility index (Phi) is 5.71. The molecule has 0 aliphatic heterocycles. The molecule has 1 rings (SSSR count). The Labute approximate surface area is 117 Å². The van der Waals surface area contributed by atoms with Gasteiger partial charge in [-0.2, -0.15) is 0 Å². The van der Waals surface area contributed by atoms with Crippen LogP contribution in [0.1, 0.15) is 37.0 Å². The molecule has 0 radical (unpaired) electrons. The molecule has 20 heavy (non-hydrogen) atoms. The predicted molar refractivity (Wildman–Crippen MR) is 74.5 cm³/mol. The summed E-state index contributed by atoms with van der Waals surface area (Å²) in [5.41, 5.74) is 0.717. The van der Waals surface area contributed by atoms with Crippen LogP contribution in [-0.4, -0.2) is 28.9 Å². The highest BCUT2D eigenvalue weighted by atomic mass is 16.4. The summed E-state index contributed by atoms with van der Waals surface area (Å²) in [7, 11) is 0. The largest absolute Gasteiger partial charge is 0.481 e. The van der Waals surface area contributed by atoms with Crippen LogP contribution >= 0.6 is 0 Å². The number of anilines is 1. The van der Waals surface area contributed by atoms with Crippen LogP contribution < -0.4 is 10.6 Å². The van der Waals surface area contributed by atoms with Crippen LogP contribution in [0, 0.1) is 0 Å². The Morgan fingerprint density at radius 1 is 1.25 bits per heavy atom. The number of carbonyl (C=O) groups excluding carboxylic acids is 2. The molecule has 2 amide bonds. The van der Waals surface area contributed by atoms with E-state index in [1.807, 2.05) is 0 Å². The number of rotatable bonds is 6. The quantitative estimate of drug-likeness (QED) is 0.737. The van der Waals surface area contributed by atoms with Crippen molar-refractivity contribution < 1.29 is 19.5 Å². The lowest BCUT2D eigenvalue weighted by Crippen LogP contribution is -2.36. The van der Waals surface area contributed by atoms with E-state index in [0.29, 0.717) is 17.7 Å². The van der Waals surface area contributed by atoms with Gasteiger partial charge in [0.1, 0.15) is 0 Å². The third kappa shape index (κ3) is 4.72. The number of carboxylic acid groups (broad SMARTS) is 1. The first-order valence-corrected chi connectivity index (χ1v) is 6.33. The third-order valence-corrected chi connectivity index (χ3v) is 2.73. The summed E-state index contributed by atoms with van der Waals surface area (Å²) < 4.78 is 0. The molecule has 0 aliphatic rings. The molecule has 0 fully saturated rings. The zero-order valence-corrected chi connectivity index (χ0v) is 11.5. The zero-order valence-electron chi connectivity index (χ0n) is 11.5. The average molecular weight is 278 g/mol. The first-order valence-electron chi connectivity index (χ1n) is 6.33. The van der Waals surface area contributed by atoms with E-state index in [1.54, 1.807) is 31.2 Å². The van der Waals surface area contributed by atoms with E-state index in [1.165, 1.54) is 6.92 Å². The van der Waals surface area contributed by atoms with Crippen LogP contribution in [-0.2, 0) is 9.59 Å². The van der Waals surface area contributed by atoms with E-state index in [-0.39, 0.29) is 12.3 Å². The van der Waals surface area contributed by atoms with Crippen molar-refractivity contribution >= 4 is 23.5 Å². The maximum atomic E-state index is 12.1. The smallest absolute Gasteiger partial charge is 0.305 e. The van der Waals surface area contributed by atoms with Crippen molar-refractivity contribution in [3.8, 4) is 0 Å². The number of carboxylic acids is 1. The Bertz CT molecular complexity index is 514. The standard InChI is InChI=1S/C14H18N2O4/c1-3-10(8-13(18)19)16-14(20)11-6-4-5-7-12(11)15-9(2)17/h4-7,10H,3,8H2,1-2H3,(H,15,17)(H,16,20)(H,18,19). The minimum absolute atomic E-state index is 0.134. The van der Waals surface area contributed by atoms with Gasteiger partial charge in [-0.25, -0.2) is 0 Å². The van der Waals surface area contributed by atoms with Crippen LogP contribution in [0.25, 0.3) is 0 Å². The number of hydrogen-bond acceptors (Lipinski definition) is 3. The molecule has 0 aromatic heterocycles. The van der Waals surface area contributed by atoms with Gasteiger partial charge in [-0.1, -0.05) is 19.1 Å². The van der Waals surface area contributed by atoms with Gasteiger partial charge in [-0.3, -0.25) is 14.4 Å². The number of nitrogens with one attached hydrogen (secondary N) is 2. The summed E-state index contributed by atoms with van der Waals surface area (Å²) in [6.07, 6.45) is 0.380. The Hall–Kier alpha value is -2.37. The number of amides is 2. The van der Waals surface area contributed by atoms with Crippen molar-refractivity contribution in [1.82, 2.24) is 5.32 Å². The SMILES string of the molecule is CCC(CC(=O)O)NC(=O)c1ccccc1NC(C)=O. The second-order valence-corrected chi connectivity index (χ2v) is 4.40. The summed E-state index contributed by atoms with van der Waals surface area (Å²) in [6, 6.07) is 6.14. The van der Waals surface area contributed by atoms with Gasteiger partial charge in [-0.15, -0.1) is 0 Å². The first kappa shape index (κ1) is 15.7. The fourth-order valence-electron chi connectivity index (χ4n) is 1.75. The highest BCUT2D eigenvalue weighted by molar-refractivity contribution is 6.03. The molecule has 0 bridgehead atoms. The molecule has 0 spiro atoms. The van der Waals surface area contributed by atoms with Crippen LogP contribution in [0.5, 0.6) is 0 Å². The number of aliphatic carboxylic acids is 1. The minimum atomic E-state index is -0.965. The Morgan fingerprint density at radius 3 is 2.45 bits per heavy atom. The molecular weight excluding hydrogens is 260 g/mol. The number of benzene rings is 1. The molecule has 0 heterocycles. The molecule has 6 heteroatoms. The normalized spacial score (nSPS) is 11.5. The third-order valence-electron chi connectivity index (χ3n) is 2.73. The molecule has 1 atom stereocenters. The maximum absolute atomic E-state index is 12.1. The van der Waals surface area contributed by atoms with Crippen LogP contribution in [0.3, 0.4) is 0 Å². The summed E-state index contributed by atoms with van der Waals surface area (Å²) in [5.74, 6) is -1.64. The van der Waals surface area contributed by atoms with Gasteiger partial charge in [0.2, 0.25) is 5.91 Å². The molecule has 1 unspecified atom stereocenters.